The Morgan fingerprint density at radius 2 is 1.81 bits per heavy atom. The van der Waals surface area contributed by atoms with Gasteiger partial charge in [-0.15, -0.1) is 0 Å². The highest BCUT2D eigenvalue weighted by Gasteiger charge is 2.35. The third kappa shape index (κ3) is 4.34. The van der Waals surface area contributed by atoms with Crippen molar-refractivity contribution >= 4 is 11.6 Å². The fourth-order valence-corrected chi connectivity index (χ4v) is 3.81. The van der Waals surface area contributed by atoms with Crippen molar-refractivity contribution in [2.24, 2.45) is 0 Å². The third-order valence-electron chi connectivity index (χ3n) is 5.33. The Hall–Kier alpha value is -2.73. The summed E-state index contributed by atoms with van der Waals surface area (Å²) >= 11 is 0. The first kappa shape index (κ1) is 19.0. The standard InChI is InChI=1S/C21H24N2O4/c1-16-6-2-4-8-18(16)21(10-12-27-13-11-21)15-22-20(24)14-17-7-3-5-9-19(17)23(25)26/h2-9H,10-15H2,1H3,(H,22,24). The van der Waals surface area contributed by atoms with E-state index in [-0.39, 0.29) is 23.4 Å². The largest absolute Gasteiger partial charge is 0.381 e. The van der Waals surface area contributed by atoms with Gasteiger partial charge in [-0.25, -0.2) is 0 Å². The van der Waals surface area contributed by atoms with Crippen LogP contribution in [-0.4, -0.2) is 30.6 Å². The van der Waals surface area contributed by atoms with Crippen LogP contribution in [0.3, 0.4) is 0 Å². The van der Waals surface area contributed by atoms with Crippen LogP contribution in [0.4, 0.5) is 5.69 Å². The van der Waals surface area contributed by atoms with Crippen molar-refractivity contribution in [3.63, 3.8) is 0 Å². The van der Waals surface area contributed by atoms with Gasteiger partial charge < -0.3 is 10.1 Å². The number of benzene rings is 2. The molecule has 2 aromatic carbocycles. The molecule has 0 bridgehead atoms. The molecule has 0 radical (unpaired) electrons. The number of nitrogens with zero attached hydrogens (tertiary/aromatic N) is 1. The van der Waals surface area contributed by atoms with Gasteiger partial charge in [0.2, 0.25) is 5.91 Å². The number of nitro groups is 1. The van der Waals surface area contributed by atoms with E-state index in [0.717, 1.165) is 12.8 Å². The van der Waals surface area contributed by atoms with Crippen molar-refractivity contribution in [1.82, 2.24) is 5.32 Å². The van der Waals surface area contributed by atoms with E-state index in [1.165, 1.54) is 17.2 Å². The molecule has 1 fully saturated rings. The maximum Gasteiger partial charge on any atom is 0.273 e. The maximum absolute atomic E-state index is 12.5. The molecule has 0 spiro atoms. The van der Waals surface area contributed by atoms with Gasteiger partial charge in [0.15, 0.2) is 0 Å². The summed E-state index contributed by atoms with van der Waals surface area (Å²) in [5.41, 5.74) is 2.68. The zero-order valence-corrected chi connectivity index (χ0v) is 15.4. The SMILES string of the molecule is Cc1ccccc1C1(CNC(=O)Cc2ccccc2[N+](=O)[O-])CCOCC1. The van der Waals surface area contributed by atoms with E-state index in [9.17, 15) is 14.9 Å². The lowest BCUT2D eigenvalue weighted by atomic mass is 9.72. The molecular formula is C21H24N2O4. The van der Waals surface area contributed by atoms with Crippen LogP contribution in [0.15, 0.2) is 48.5 Å². The number of hydrogen-bond acceptors (Lipinski definition) is 4. The van der Waals surface area contributed by atoms with Crippen molar-refractivity contribution in [2.45, 2.75) is 31.6 Å². The van der Waals surface area contributed by atoms with E-state index < -0.39 is 4.92 Å². The molecule has 3 rings (SSSR count). The predicted molar refractivity (Wildman–Crippen MR) is 103 cm³/mol. The molecule has 0 aromatic heterocycles. The fraction of sp³-hybridized carbons (Fsp3) is 0.381. The Balaban J connectivity index is 1.74. The lowest BCUT2D eigenvalue weighted by Gasteiger charge is -2.39. The summed E-state index contributed by atoms with van der Waals surface area (Å²) < 4.78 is 5.54. The van der Waals surface area contributed by atoms with Gasteiger partial charge in [0.1, 0.15) is 0 Å². The average Bonchev–Trinajstić information content (AvgIpc) is 2.68. The molecule has 0 aliphatic carbocycles. The van der Waals surface area contributed by atoms with Gasteiger partial charge in [0.25, 0.3) is 5.69 Å². The topological polar surface area (TPSA) is 81.5 Å². The van der Waals surface area contributed by atoms with Crippen LogP contribution in [0, 0.1) is 17.0 Å². The van der Waals surface area contributed by atoms with E-state index in [1.54, 1.807) is 18.2 Å². The fourth-order valence-electron chi connectivity index (χ4n) is 3.81. The van der Waals surface area contributed by atoms with E-state index in [0.29, 0.717) is 25.3 Å². The highest BCUT2D eigenvalue weighted by atomic mass is 16.6. The Morgan fingerprint density at radius 3 is 2.52 bits per heavy atom. The van der Waals surface area contributed by atoms with E-state index in [1.807, 2.05) is 12.1 Å². The number of ether oxygens (including phenoxy) is 1. The highest BCUT2D eigenvalue weighted by molar-refractivity contribution is 5.79. The third-order valence-corrected chi connectivity index (χ3v) is 5.33. The molecule has 0 saturated carbocycles. The van der Waals surface area contributed by atoms with E-state index in [2.05, 4.69) is 24.4 Å². The number of rotatable bonds is 6. The molecule has 142 valence electrons. The number of aryl methyl sites for hydroxylation is 1. The quantitative estimate of drug-likeness (QED) is 0.626. The molecule has 0 unspecified atom stereocenters. The molecule has 0 atom stereocenters. The number of carbonyl (C=O) groups excluding carboxylic acids is 1. The number of carbonyl (C=O) groups is 1. The van der Waals surface area contributed by atoms with Gasteiger partial charge in [-0.3, -0.25) is 14.9 Å². The minimum absolute atomic E-state index is 0.00248. The van der Waals surface area contributed by atoms with Crippen molar-refractivity contribution in [2.75, 3.05) is 19.8 Å². The Labute approximate surface area is 158 Å². The highest BCUT2D eigenvalue weighted by Crippen LogP contribution is 2.36. The van der Waals surface area contributed by atoms with E-state index >= 15 is 0 Å². The molecule has 6 nitrogen and oxygen atoms in total. The van der Waals surface area contributed by atoms with Gasteiger partial charge in [-0.2, -0.15) is 0 Å². The summed E-state index contributed by atoms with van der Waals surface area (Å²) in [7, 11) is 0. The lowest BCUT2D eigenvalue weighted by Crippen LogP contribution is -2.45. The first-order valence-corrected chi connectivity index (χ1v) is 9.15. The zero-order valence-electron chi connectivity index (χ0n) is 15.4. The molecule has 1 aliphatic rings. The zero-order chi connectivity index (χ0) is 19.3. The monoisotopic (exact) mass is 368 g/mol. The summed E-state index contributed by atoms with van der Waals surface area (Å²) in [6.07, 6.45) is 1.67. The summed E-state index contributed by atoms with van der Waals surface area (Å²) in [6, 6.07) is 14.6. The average molecular weight is 368 g/mol. The maximum atomic E-state index is 12.5. The molecule has 2 aromatic rings. The molecule has 27 heavy (non-hydrogen) atoms. The van der Waals surface area contributed by atoms with Gasteiger partial charge in [0.05, 0.1) is 11.3 Å². The van der Waals surface area contributed by atoms with Crippen LogP contribution in [0.2, 0.25) is 0 Å². The molecular weight excluding hydrogens is 344 g/mol. The van der Waals surface area contributed by atoms with Crippen molar-refractivity contribution < 1.29 is 14.5 Å². The molecule has 1 aliphatic heterocycles. The predicted octanol–water partition coefficient (Wildman–Crippen LogP) is 3.31. The van der Waals surface area contributed by atoms with Crippen molar-refractivity contribution in [3.05, 3.63) is 75.3 Å². The molecule has 1 amide bonds. The van der Waals surface area contributed by atoms with Crippen molar-refractivity contribution in [3.8, 4) is 0 Å². The summed E-state index contributed by atoms with van der Waals surface area (Å²) in [5, 5.41) is 14.2. The molecule has 1 N–H and O–H groups in total. The van der Waals surface area contributed by atoms with Crippen LogP contribution in [-0.2, 0) is 21.4 Å². The van der Waals surface area contributed by atoms with Crippen LogP contribution in [0.5, 0.6) is 0 Å². The number of para-hydroxylation sites is 1. The number of nitrogens with one attached hydrogen (secondary N) is 1. The Kier molecular flexibility index (Phi) is 5.86. The molecule has 1 saturated heterocycles. The van der Waals surface area contributed by atoms with Crippen LogP contribution in [0.25, 0.3) is 0 Å². The van der Waals surface area contributed by atoms with Crippen LogP contribution in [0.1, 0.15) is 29.5 Å². The summed E-state index contributed by atoms with van der Waals surface area (Å²) in [5.74, 6) is -0.205. The number of amides is 1. The Morgan fingerprint density at radius 1 is 1.15 bits per heavy atom. The second-order valence-corrected chi connectivity index (χ2v) is 7.05. The first-order valence-electron chi connectivity index (χ1n) is 9.15. The van der Waals surface area contributed by atoms with Gasteiger partial charge in [-0.05, 0) is 30.9 Å². The van der Waals surface area contributed by atoms with Crippen LogP contribution >= 0.6 is 0 Å². The second kappa shape index (κ2) is 8.31. The van der Waals surface area contributed by atoms with E-state index in [4.69, 9.17) is 4.74 Å². The van der Waals surface area contributed by atoms with Crippen LogP contribution < -0.4 is 5.32 Å². The van der Waals surface area contributed by atoms with Gasteiger partial charge >= 0.3 is 0 Å². The van der Waals surface area contributed by atoms with Crippen molar-refractivity contribution in [1.29, 1.82) is 0 Å². The van der Waals surface area contributed by atoms with Gasteiger partial charge in [-0.1, -0.05) is 42.5 Å². The first-order chi connectivity index (χ1) is 13.0. The number of hydrogen-bond donors (Lipinski definition) is 1. The molecule has 1 heterocycles. The lowest BCUT2D eigenvalue weighted by molar-refractivity contribution is -0.385. The minimum atomic E-state index is -0.449. The Bertz CT molecular complexity index is 828. The second-order valence-electron chi connectivity index (χ2n) is 7.05. The smallest absolute Gasteiger partial charge is 0.273 e. The normalized spacial score (nSPS) is 15.9. The summed E-state index contributed by atoms with van der Waals surface area (Å²) in [6.45, 7) is 3.91. The van der Waals surface area contributed by atoms with Gasteiger partial charge in [0, 0.05) is 36.8 Å². The summed E-state index contributed by atoms with van der Waals surface area (Å²) in [4.78, 5) is 23.2. The number of nitro benzene ring substituents is 1. The molecule has 6 heteroatoms. The minimum Gasteiger partial charge on any atom is -0.381 e.